The number of hydrogen-bond donors (Lipinski definition) is 1. The number of benzene rings is 2. The van der Waals surface area contributed by atoms with Crippen molar-refractivity contribution in [3.05, 3.63) is 59.7 Å². The van der Waals surface area contributed by atoms with E-state index < -0.39 is 11.6 Å². The zero-order valence-corrected chi connectivity index (χ0v) is 18.2. The first-order valence-electron chi connectivity index (χ1n) is 10.9. The standard InChI is InChI=1S/C24H29F2N3O3/c1-2-32-13-3-11-28(12-10-27-17-30)24(31)29-15-20(16-29)18-4-6-19(7-5-18)22-9-8-21(25)14-23(22)26/h4-9,14,17,20H,2-3,10-13,15-16H2,1H3,(H,27,30). The van der Waals surface area contributed by atoms with Crippen molar-refractivity contribution in [1.82, 2.24) is 15.1 Å². The first-order valence-corrected chi connectivity index (χ1v) is 10.9. The molecule has 0 radical (unpaired) electrons. The zero-order valence-electron chi connectivity index (χ0n) is 18.2. The summed E-state index contributed by atoms with van der Waals surface area (Å²) in [6.07, 6.45) is 1.36. The van der Waals surface area contributed by atoms with E-state index in [1.54, 1.807) is 9.80 Å². The third-order valence-electron chi connectivity index (χ3n) is 5.58. The average molecular weight is 446 g/mol. The maximum atomic E-state index is 14.0. The molecule has 1 N–H and O–H groups in total. The van der Waals surface area contributed by atoms with Gasteiger partial charge in [0.1, 0.15) is 11.6 Å². The molecule has 1 saturated heterocycles. The molecule has 2 aromatic carbocycles. The largest absolute Gasteiger partial charge is 0.382 e. The summed E-state index contributed by atoms with van der Waals surface area (Å²) >= 11 is 0. The van der Waals surface area contributed by atoms with Crippen LogP contribution in [-0.4, -0.2) is 68.2 Å². The maximum absolute atomic E-state index is 14.0. The summed E-state index contributed by atoms with van der Waals surface area (Å²) in [5.74, 6) is -0.980. The van der Waals surface area contributed by atoms with Crippen LogP contribution in [0.4, 0.5) is 13.6 Å². The van der Waals surface area contributed by atoms with E-state index in [2.05, 4.69) is 5.32 Å². The molecule has 0 saturated carbocycles. The Hall–Kier alpha value is -3.00. The number of hydrogen-bond acceptors (Lipinski definition) is 3. The lowest BCUT2D eigenvalue weighted by Gasteiger charge is -2.42. The number of carbonyl (C=O) groups excluding carboxylic acids is 2. The molecular weight excluding hydrogens is 416 g/mol. The van der Waals surface area contributed by atoms with Crippen molar-refractivity contribution in [2.45, 2.75) is 19.3 Å². The normalized spacial score (nSPS) is 13.5. The van der Waals surface area contributed by atoms with E-state index in [4.69, 9.17) is 4.74 Å². The van der Waals surface area contributed by atoms with Crippen LogP contribution in [0.2, 0.25) is 0 Å². The third-order valence-corrected chi connectivity index (χ3v) is 5.58. The number of carbonyl (C=O) groups is 2. The van der Waals surface area contributed by atoms with Gasteiger partial charge in [0, 0.05) is 63.5 Å². The molecule has 1 fully saturated rings. The minimum Gasteiger partial charge on any atom is -0.382 e. The fraction of sp³-hybridized carbons (Fsp3) is 0.417. The van der Waals surface area contributed by atoms with Crippen molar-refractivity contribution in [2.24, 2.45) is 0 Å². The van der Waals surface area contributed by atoms with E-state index in [1.807, 2.05) is 31.2 Å². The van der Waals surface area contributed by atoms with E-state index in [0.717, 1.165) is 18.1 Å². The molecule has 2 aromatic rings. The molecule has 0 unspecified atom stereocenters. The van der Waals surface area contributed by atoms with Gasteiger partial charge in [0.25, 0.3) is 0 Å². The van der Waals surface area contributed by atoms with Crippen LogP contribution in [0.1, 0.15) is 24.8 Å². The summed E-state index contributed by atoms with van der Waals surface area (Å²) in [6, 6.07) is 11.0. The van der Waals surface area contributed by atoms with Gasteiger partial charge in [-0.1, -0.05) is 24.3 Å². The number of urea groups is 1. The SMILES string of the molecule is CCOCCCN(CCNC=O)C(=O)N1CC(c2ccc(-c3ccc(F)cc3F)cc2)C1. The van der Waals surface area contributed by atoms with Crippen LogP contribution in [0.5, 0.6) is 0 Å². The Kier molecular flexibility index (Phi) is 8.56. The van der Waals surface area contributed by atoms with Gasteiger partial charge in [-0.3, -0.25) is 4.79 Å². The quantitative estimate of drug-likeness (QED) is 0.425. The lowest BCUT2D eigenvalue weighted by molar-refractivity contribution is -0.109. The lowest BCUT2D eigenvalue weighted by Crippen LogP contribution is -2.54. The molecule has 3 amide bonds. The van der Waals surface area contributed by atoms with Crippen LogP contribution in [-0.2, 0) is 9.53 Å². The van der Waals surface area contributed by atoms with E-state index in [-0.39, 0.29) is 11.9 Å². The highest BCUT2D eigenvalue weighted by molar-refractivity contribution is 5.76. The number of likely N-dealkylation sites (tertiary alicyclic amines) is 1. The minimum atomic E-state index is -0.601. The Labute approximate surface area is 187 Å². The lowest BCUT2D eigenvalue weighted by atomic mass is 9.90. The van der Waals surface area contributed by atoms with Crippen molar-refractivity contribution >= 4 is 12.4 Å². The van der Waals surface area contributed by atoms with Crippen molar-refractivity contribution in [3.8, 4) is 11.1 Å². The smallest absolute Gasteiger partial charge is 0.320 e. The summed E-state index contributed by atoms with van der Waals surface area (Å²) in [7, 11) is 0. The molecule has 0 bridgehead atoms. The number of rotatable bonds is 11. The van der Waals surface area contributed by atoms with Crippen molar-refractivity contribution in [2.75, 3.05) is 45.9 Å². The van der Waals surface area contributed by atoms with E-state index >= 15 is 0 Å². The van der Waals surface area contributed by atoms with Crippen LogP contribution < -0.4 is 5.32 Å². The summed E-state index contributed by atoms with van der Waals surface area (Å²) in [6.45, 7) is 5.79. The predicted molar refractivity (Wildman–Crippen MR) is 118 cm³/mol. The van der Waals surface area contributed by atoms with E-state index in [1.165, 1.54) is 12.1 Å². The van der Waals surface area contributed by atoms with Gasteiger partial charge in [0.05, 0.1) is 0 Å². The molecule has 8 heteroatoms. The first-order chi connectivity index (χ1) is 15.5. The molecule has 0 aliphatic carbocycles. The van der Waals surface area contributed by atoms with E-state index in [0.29, 0.717) is 63.5 Å². The van der Waals surface area contributed by atoms with Crippen LogP contribution in [0, 0.1) is 11.6 Å². The maximum Gasteiger partial charge on any atom is 0.320 e. The zero-order chi connectivity index (χ0) is 22.9. The molecule has 6 nitrogen and oxygen atoms in total. The van der Waals surface area contributed by atoms with Crippen LogP contribution in [0.25, 0.3) is 11.1 Å². The van der Waals surface area contributed by atoms with Crippen LogP contribution in [0.3, 0.4) is 0 Å². The molecule has 1 aliphatic rings. The number of ether oxygens (including phenoxy) is 1. The Balaban J connectivity index is 1.55. The molecule has 172 valence electrons. The number of halogens is 2. The molecule has 0 atom stereocenters. The highest BCUT2D eigenvalue weighted by atomic mass is 19.1. The van der Waals surface area contributed by atoms with Crippen LogP contribution in [0.15, 0.2) is 42.5 Å². The molecular formula is C24H29F2N3O3. The fourth-order valence-corrected chi connectivity index (χ4v) is 3.77. The third kappa shape index (κ3) is 6.03. The summed E-state index contributed by atoms with van der Waals surface area (Å²) in [5.41, 5.74) is 2.11. The summed E-state index contributed by atoms with van der Waals surface area (Å²) in [4.78, 5) is 26.9. The summed E-state index contributed by atoms with van der Waals surface area (Å²) < 4.78 is 32.5. The van der Waals surface area contributed by atoms with Gasteiger partial charge in [0.15, 0.2) is 0 Å². The van der Waals surface area contributed by atoms with Gasteiger partial charge in [0.2, 0.25) is 6.41 Å². The van der Waals surface area contributed by atoms with Crippen LogP contribution >= 0.6 is 0 Å². The van der Waals surface area contributed by atoms with Crippen molar-refractivity contribution < 1.29 is 23.1 Å². The van der Waals surface area contributed by atoms with E-state index in [9.17, 15) is 18.4 Å². The minimum absolute atomic E-state index is 0.0459. The van der Waals surface area contributed by atoms with Crippen molar-refractivity contribution in [3.63, 3.8) is 0 Å². The molecule has 1 aliphatic heterocycles. The topological polar surface area (TPSA) is 61.9 Å². The average Bonchev–Trinajstić information content (AvgIpc) is 2.75. The second-order valence-corrected chi connectivity index (χ2v) is 7.74. The summed E-state index contributed by atoms with van der Waals surface area (Å²) in [5, 5.41) is 2.60. The Morgan fingerprint density at radius 3 is 2.59 bits per heavy atom. The highest BCUT2D eigenvalue weighted by Crippen LogP contribution is 2.30. The van der Waals surface area contributed by atoms with Gasteiger partial charge in [-0.15, -0.1) is 0 Å². The van der Waals surface area contributed by atoms with Gasteiger partial charge >= 0.3 is 6.03 Å². The second kappa shape index (κ2) is 11.6. The Morgan fingerprint density at radius 1 is 1.19 bits per heavy atom. The molecule has 3 rings (SSSR count). The molecule has 32 heavy (non-hydrogen) atoms. The molecule has 0 spiro atoms. The molecule has 1 heterocycles. The van der Waals surface area contributed by atoms with Gasteiger partial charge in [-0.05, 0) is 36.6 Å². The second-order valence-electron chi connectivity index (χ2n) is 7.74. The first kappa shape index (κ1) is 23.7. The van der Waals surface area contributed by atoms with Gasteiger partial charge < -0.3 is 19.9 Å². The monoisotopic (exact) mass is 445 g/mol. The number of nitrogens with zero attached hydrogens (tertiary/aromatic N) is 2. The van der Waals surface area contributed by atoms with Crippen molar-refractivity contribution in [1.29, 1.82) is 0 Å². The Bertz CT molecular complexity index is 902. The fourth-order valence-electron chi connectivity index (χ4n) is 3.77. The highest BCUT2D eigenvalue weighted by Gasteiger charge is 2.34. The van der Waals surface area contributed by atoms with Gasteiger partial charge in [-0.2, -0.15) is 0 Å². The predicted octanol–water partition coefficient (Wildman–Crippen LogP) is 3.63. The molecule has 0 aromatic heterocycles. The Morgan fingerprint density at radius 2 is 1.94 bits per heavy atom. The van der Waals surface area contributed by atoms with Gasteiger partial charge in [-0.25, -0.2) is 13.6 Å². The number of nitrogens with one attached hydrogen (secondary N) is 1. The number of amides is 3.